The van der Waals surface area contributed by atoms with Crippen LogP contribution >= 0.6 is 11.3 Å². The number of halogens is 1. The number of benzene rings is 1. The van der Waals surface area contributed by atoms with Crippen LogP contribution in [0.3, 0.4) is 0 Å². The Morgan fingerprint density at radius 3 is 2.75 bits per heavy atom. The average Bonchev–Trinajstić information content (AvgIpc) is 2.74. The molecule has 1 aromatic heterocycles. The normalized spacial score (nSPS) is 11.4. The van der Waals surface area contributed by atoms with Gasteiger partial charge in [0, 0.05) is 12.0 Å². The molecule has 106 valence electrons. The fourth-order valence-corrected chi connectivity index (χ4v) is 2.66. The zero-order chi connectivity index (χ0) is 14.8. The van der Waals surface area contributed by atoms with E-state index in [9.17, 15) is 9.18 Å². The smallest absolute Gasteiger partial charge is 0.257 e. The molecular weight excluding hydrogens is 277 g/mol. The third-order valence-corrected chi connectivity index (χ3v) is 3.29. The number of hydrogen-bond acceptors (Lipinski definition) is 4. The molecule has 0 atom stereocenters. The van der Waals surface area contributed by atoms with E-state index in [0.717, 1.165) is 11.4 Å². The first-order valence-electron chi connectivity index (χ1n) is 6.23. The van der Waals surface area contributed by atoms with Gasteiger partial charge in [0.15, 0.2) is 0 Å². The van der Waals surface area contributed by atoms with Crippen molar-refractivity contribution in [3.63, 3.8) is 0 Å². The average molecular weight is 293 g/mol. The zero-order valence-electron chi connectivity index (χ0n) is 11.6. The van der Waals surface area contributed by atoms with Gasteiger partial charge in [-0.2, -0.15) is 0 Å². The molecule has 2 rings (SSSR count). The van der Waals surface area contributed by atoms with Crippen LogP contribution in [-0.2, 0) is 6.42 Å². The van der Waals surface area contributed by atoms with Crippen LogP contribution in [0.4, 0.5) is 9.52 Å². The second-order valence-corrected chi connectivity index (χ2v) is 6.76. The molecule has 1 N–H and O–H groups in total. The number of aromatic nitrogens is 2. The number of carbonyl (C=O) groups is 1. The van der Waals surface area contributed by atoms with Gasteiger partial charge in [-0.3, -0.25) is 10.1 Å². The lowest BCUT2D eigenvalue weighted by Gasteiger charge is -2.14. The molecule has 2 aromatic rings. The van der Waals surface area contributed by atoms with E-state index in [-0.39, 0.29) is 16.9 Å². The van der Waals surface area contributed by atoms with Crippen LogP contribution < -0.4 is 5.32 Å². The van der Waals surface area contributed by atoms with Crippen LogP contribution in [0.5, 0.6) is 0 Å². The maximum Gasteiger partial charge on any atom is 0.257 e. The van der Waals surface area contributed by atoms with Crippen LogP contribution in [-0.4, -0.2) is 16.1 Å². The molecule has 4 nitrogen and oxygen atoms in total. The SMILES string of the molecule is CC(C)(C)Cc1nnc(NC(=O)c2cccc(F)c2)s1. The number of carbonyl (C=O) groups excluding carboxylic acids is 1. The Kier molecular flexibility index (Phi) is 4.13. The second-order valence-electron chi connectivity index (χ2n) is 5.70. The van der Waals surface area contributed by atoms with Crippen molar-refractivity contribution in [3.05, 3.63) is 40.7 Å². The fraction of sp³-hybridized carbons (Fsp3) is 0.357. The van der Waals surface area contributed by atoms with Gasteiger partial charge in [0.1, 0.15) is 10.8 Å². The third-order valence-electron chi connectivity index (χ3n) is 2.46. The highest BCUT2D eigenvalue weighted by Crippen LogP contribution is 2.25. The lowest BCUT2D eigenvalue weighted by atomic mass is 9.93. The molecule has 0 radical (unpaired) electrons. The summed E-state index contributed by atoms with van der Waals surface area (Å²) in [6, 6.07) is 5.53. The molecule has 1 aromatic carbocycles. The third kappa shape index (κ3) is 4.09. The van der Waals surface area contributed by atoms with Crippen molar-refractivity contribution in [2.75, 3.05) is 5.32 Å². The monoisotopic (exact) mass is 293 g/mol. The summed E-state index contributed by atoms with van der Waals surface area (Å²) in [7, 11) is 0. The van der Waals surface area contributed by atoms with Crippen molar-refractivity contribution in [2.45, 2.75) is 27.2 Å². The van der Waals surface area contributed by atoms with Gasteiger partial charge < -0.3 is 0 Å². The Labute approximate surface area is 121 Å². The summed E-state index contributed by atoms with van der Waals surface area (Å²) in [5.74, 6) is -0.828. The summed E-state index contributed by atoms with van der Waals surface area (Å²) < 4.78 is 13.1. The molecule has 0 saturated heterocycles. The summed E-state index contributed by atoms with van der Waals surface area (Å²) in [6.07, 6.45) is 0.792. The van der Waals surface area contributed by atoms with E-state index in [2.05, 4.69) is 36.3 Å². The molecule has 0 bridgehead atoms. The summed E-state index contributed by atoms with van der Waals surface area (Å²) >= 11 is 1.34. The minimum Gasteiger partial charge on any atom is -0.296 e. The molecule has 1 amide bonds. The Bertz CT molecular complexity index is 619. The summed E-state index contributed by atoms with van der Waals surface area (Å²) in [4.78, 5) is 11.9. The van der Waals surface area contributed by atoms with E-state index in [4.69, 9.17) is 0 Å². The number of nitrogens with zero attached hydrogens (tertiary/aromatic N) is 2. The zero-order valence-corrected chi connectivity index (χ0v) is 12.4. The van der Waals surface area contributed by atoms with Gasteiger partial charge in [-0.05, 0) is 23.6 Å². The van der Waals surface area contributed by atoms with Crippen molar-refractivity contribution < 1.29 is 9.18 Å². The molecule has 20 heavy (non-hydrogen) atoms. The quantitative estimate of drug-likeness (QED) is 0.942. The van der Waals surface area contributed by atoms with Gasteiger partial charge in [0.05, 0.1) is 0 Å². The van der Waals surface area contributed by atoms with E-state index in [1.165, 1.54) is 29.5 Å². The van der Waals surface area contributed by atoms with Crippen LogP contribution in [0, 0.1) is 11.2 Å². The van der Waals surface area contributed by atoms with Gasteiger partial charge >= 0.3 is 0 Å². The molecule has 0 fully saturated rings. The lowest BCUT2D eigenvalue weighted by molar-refractivity contribution is 0.102. The van der Waals surface area contributed by atoms with Crippen LogP contribution in [0.2, 0.25) is 0 Å². The molecule has 6 heteroatoms. The molecule has 0 aliphatic rings. The van der Waals surface area contributed by atoms with Crippen molar-refractivity contribution >= 4 is 22.4 Å². The molecule has 1 heterocycles. The van der Waals surface area contributed by atoms with E-state index in [1.807, 2.05) is 0 Å². The van der Waals surface area contributed by atoms with Crippen molar-refractivity contribution in [1.29, 1.82) is 0 Å². The fourth-order valence-electron chi connectivity index (χ4n) is 1.63. The lowest BCUT2D eigenvalue weighted by Crippen LogP contribution is -2.11. The Morgan fingerprint density at radius 2 is 2.10 bits per heavy atom. The van der Waals surface area contributed by atoms with Crippen molar-refractivity contribution in [2.24, 2.45) is 5.41 Å². The maximum atomic E-state index is 13.1. The number of rotatable bonds is 3. The minimum absolute atomic E-state index is 0.114. The number of anilines is 1. The predicted molar refractivity (Wildman–Crippen MR) is 77.4 cm³/mol. The van der Waals surface area contributed by atoms with E-state index in [0.29, 0.717) is 5.13 Å². The predicted octanol–water partition coefficient (Wildman–Crippen LogP) is 3.52. The standard InChI is InChI=1S/C14H16FN3OS/c1-14(2,3)8-11-17-18-13(20-11)16-12(19)9-5-4-6-10(15)7-9/h4-7H,8H2,1-3H3,(H,16,18,19). The van der Waals surface area contributed by atoms with Gasteiger partial charge in [-0.1, -0.05) is 38.2 Å². The summed E-state index contributed by atoms with van der Waals surface area (Å²) in [5.41, 5.74) is 0.376. The highest BCUT2D eigenvalue weighted by Gasteiger charge is 2.16. The highest BCUT2D eigenvalue weighted by molar-refractivity contribution is 7.15. The van der Waals surface area contributed by atoms with Gasteiger partial charge in [0.25, 0.3) is 5.91 Å². The van der Waals surface area contributed by atoms with Gasteiger partial charge in [0.2, 0.25) is 5.13 Å². The van der Waals surface area contributed by atoms with Crippen LogP contribution in [0.15, 0.2) is 24.3 Å². The van der Waals surface area contributed by atoms with Gasteiger partial charge in [-0.15, -0.1) is 10.2 Å². The number of hydrogen-bond donors (Lipinski definition) is 1. The molecule has 0 unspecified atom stereocenters. The first-order chi connectivity index (χ1) is 9.33. The topological polar surface area (TPSA) is 54.9 Å². The molecular formula is C14H16FN3OS. The molecule has 0 aliphatic carbocycles. The summed E-state index contributed by atoms with van der Waals surface area (Å²) in [6.45, 7) is 6.33. The van der Waals surface area contributed by atoms with Crippen molar-refractivity contribution in [3.8, 4) is 0 Å². The minimum atomic E-state index is -0.441. The first kappa shape index (κ1) is 14.6. The van der Waals surface area contributed by atoms with E-state index in [1.54, 1.807) is 6.07 Å². The van der Waals surface area contributed by atoms with Gasteiger partial charge in [-0.25, -0.2) is 4.39 Å². The van der Waals surface area contributed by atoms with Crippen LogP contribution in [0.25, 0.3) is 0 Å². The Balaban J connectivity index is 2.05. The molecule has 0 saturated carbocycles. The summed E-state index contributed by atoms with van der Waals surface area (Å²) in [5, 5.41) is 11.9. The highest BCUT2D eigenvalue weighted by atomic mass is 32.1. The number of nitrogens with one attached hydrogen (secondary N) is 1. The number of amides is 1. The Hall–Kier alpha value is -1.82. The van der Waals surface area contributed by atoms with E-state index >= 15 is 0 Å². The molecule has 0 spiro atoms. The van der Waals surface area contributed by atoms with E-state index < -0.39 is 5.82 Å². The second kappa shape index (κ2) is 5.66. The maximum absolute atomic E-state index is 13.1. The largest absolute Gasteiger partial charge is 0.296 e. The molecule has 0 aliphatic heterocycles. The Morgan fingerprint density at radius 1 is 1.35 bits per heavy atom. The van der Waals surface area contributed by atoms with Crippen LogP contribution in [0.1, 0.15) is 36.1 Å². The van der Waals surface area contributed by atoms with Crippen molar-refractivity contribution in [1.82, 2.24) is 10.2 Å². The first-order valence-corrected chi connectivity index (χ1v) is 7.04.